The summed E-state index contributed by atoms with van der Waals surface area (Å²) in [7, 11) is 0. The Morgan fingerprint density at radius 1 is 0.818 bits per heavy atom. The largest absolute Gasteiger partial charge is 0.482 e. The molecule has 2 aliphatic rings. The van der Waals surface area contributed by atoms with Crippen LogP contribution in [0.5, 0.6) is 11.5 Å². The molecular weight excluding hydrogens is 735 g/mol. The van der Waals surface area contributed by atoms with Crippen molar-refractivity contribution in [1.82, 2.24) is 26.6 Å². The Morgan fingerprint density at radius 2 is 1.45 bits per heavy atom. The van der Waals surface area contributed by atoms with Crippen molar-refractivity contribution in [3.63, 3.8) is 0 Å². The molecule has 0 unspecified atom stereocenters. The smallest absolute Gasteiger partial charge is 0.344 e. The van der Waals surface area contributed by atoms with E-state index < -0.39 is 28.9 Å². The van der Waals surface area contributed by atoms with Gasteiger partial charge in [0.1, 0.15) is 11.5 Å². The van der Waals surface area contributed by atoms with Gasteiger partial charge < -0.3 is 50.3 Å². The van der Waals surface area contributed by atoms with Crippen molar-refractivity contribution in [3.05, 3.63) is 23.8 Å². The van der Waals surface area contributed by atoms with Gasteiger partial charge in [0.15, 0.2) is 13.2 Å². The predicted octanol–water partition coefficient (Wildman–Crippen LogP) is 2.86. The normalized spacial score (nSPS) is 17.6. The fraction of sp³-hybridized carbons (Fsp3) is 0.684. The van der Waals surface area contributed by atoms with Crippen LogP contribution in [0.25, 0.3) is 0 Å². The SMILES string of the molecule is CCOC(=O)COc1cc(OCC(=O)OCC)cc(C(=O)NCCNC(=O)C(C)(C)CCOC(C)(C)CCNC(=O)CCCC[C@@H]2SC[C@@H]3NC(=O)N[C@@H]32)c1. The number of thioether (sulfide) groups is 1. The first-order valence-corrected chi connectivity index (χ1v) is 20.0. The van der Waals surface area contributed by atoms with Gasteiger partial charge in [0.25, 0.3) is 5.91 Å². The highest BCUT2D eigenvalue weighted by Gasteiger charge is 2.42. The van der Waals surface area contributed by atoms with Crippen molar-refractivity contribution >= 4 is 47.5 Å². The molecule has 0 bridgehead atoms. The number of unbranched alkanes of at least 4 members (excludes halogenated alkanes) is 1. The second-order valence-corrected chi connectivity index (χ2v) is 15.9. The van der Waals surface area contributed by atoms with Crippen molar-refractivity contribution < 1.29 is 52.5 Å². The van der Waals surface area contributed by atoms with Gasteiger partial charge in [-0.25, -0.2) is 14.4 Å². The summed E-state index contributed by atoms with van der Waals surface area (Å²) < 4.78 is 26.8. The van der Waals surface area contributed by atoms with Gasteiger partial charge in [-0.3, -0.25) is 14.4 Å². The van der Waals surface area contributed by atoms with Gasteiger partial charge in [0.05, 0.1) is 30.9 Å². The number of fused-ring (bicyclic) bond motifs is 1. The standard InChI is InChI=1S/C38H59N5O11S/c1-7-50-31(45)22-52-26-19-25(20-27(21-26)53-23-32(46)51-8-2)34(47)40-16-17-41-35(48)37(3,4)14-18-54-38(5,6)13-15-39-30(44)12-10-9-11-29-33-28(24-55-29)42-36(49)43-33/h19-21,28-29,33H,7-18,22-24H2,1-6H3,(H,39,44)(H,40,47)(H,41,48)(H2,42,43,49)/t28-,29-,33-/m0/s1. The molecule has 3 atom stereocenters. The molecule has 2 fully saturated rings. The molecule has 16 nitrogen and oxygen atoms in total. The van der Waals surface area contributed by atoms with Gasteiger partial charge in [0.2, 0.25) is 11.8 Å². The topological polar surface area (TPSA) is 209 Å². The molecule has 2 saturated heterocycles. The zero-order chi connectivity index (χ0) is 40.4. The lowest BCUT2D eigenvalue weighted by Crippen LogP contribution is -2.42. The minimum atomic E-state index is -0.748. The molecule has 308 valence electrons. The van der Waals surface area contributed by atoms with Crippen LogP contribution in [0.3, 0.4) is 0 Å². The second-order valence-electron chi connectivity index (χ2n) is 14.6. The lowest BCUT2D eigenvalue weighted by atomic mass is 9.88. The number of amides is 5. The Morgan fingerprint density at radius 3 is 2.09 bits per heavy atom. The van der Waals surface area contributed by atoms with Crippen LogP contribution in [0, 0.1) is 5.41 Å². The number of carbonyl (C=O) groups is 6. The third-order valence-corrected chi connectivity index (χ3v) is 10.6. The van der Waals surface area contributed by atoms with Crippen LogP contribution in [-0.4, -0.2) is 117 Å². The summed E-state index contributed by atoms with van der Waals surface area (Å²) in [5.41, 5.74) is -1.11. The number of esters is 2. The van der Waals surface area contributed by atoms with E-state index in [1.807, 2.05) is 39.5 Å². The van der Waals surface area contributed by atoms with Crippen LogP contribution >= 0.6 is 11.8 Å². The zero-order valence-corrected chi connectivity index (χ0v) is 33.8. The average Bonchev–Trinajstić information content (AvgIpc) is 3.68. The van der Waals surface area contributed by atoms with E-state index in [-0.39, 0.29) is 86.5 Å². The molecule has 1 aromatic rings. The third-order valence-electron chi connectivity index (χ3n) is 9.13. The van der Waals surface area contributed by atoms with Crippen molar-refractivity contribution in [1.29, 1.82) is 0 Å². The fourth-order valence-corrected chi connectivity index (χ4v) is 7.43. The number of urea groups is 1. The number of carbonyl (C=O) groups excluding carboxylic acids is 6. The number of benzene rings is 1. The molecule has 5 amide bonds. The number of hydrogen-bond acceptors (Lipinski definition) is 12. The first kappa shape index (κ1) is 45.1. The van der Waals surface area contributed by atoms with Crippen LogP contribution in [0.1, 0.15) is 90.4 Å². The monoisotopic (exact) mass is 793 g/mol. The minimum Gasteiger partial charge on any atom is -0.482 e. The molecule has 2 aliphatic heterocycles. The van der Waals surface area contributed by atoms with Crippen LogP contribution < -0.4 is 36.1 Å². The van der Waals surface area contributed by atoms with E-state index in [1.54, 1.807) is 13.8 Å². The van der Waals surface area contributed by atoms with Gasteiger partial charge in [-0.1, -0.05) is 20.3 Å². The van der Waals surface area contributed by atoms with E-state index in [4.69, 9.17) is 23.7 Å². The number of nitrogens with one attached hydrogen (secondary N) is 5. The summed E-state index contributed by atoms with van der Waals surface area (Å²) in [6.45, 7) is 11.6. The van der Waals surface area contributed by atoms with Crippen LogP contribution in [0.4, 0.5) is 4.79 Å². The first-order chi connectivity index (χ1) is 26.1. The molecular formula is C38H59N5O11S. The Balaban J connectivity index is 1.33. The maximum Gasteiger partial charge on any atom is 0.344 e. The van der Waals surface area contributed by atoms with E-state index in [2.05, 4.69) is 26.6 Å². The van der Waals surface area contributed by atoms with E-state index in [9.17, 15) is 28.8 Å². The maximum absolute atomic E-state index is 13.0. The van der Waals surface area contributed by atoms with Crippen LogP contribution in [0.15, 0.2) is 18.2 Å². The molecule has 2 heterocycles. The summed E-state index contributed by atoms with van der Waals surface area (Å²) in [5, 5.41) is 14.9. The Kier molecular flexibility index (Phi) is 18.3. The molecule has 0 radical (unpaired) electrons. The van der Waals surface area contributed by atoms with Crippen molar-refractivity contribution in [2.75, 3.05) is 58.4 Å². The quantitative estimate of drug-likeness (QED) is 0.0550. The fourth-order valence-electron chi connectivity index (χ4n) is 5.89. The van der Waals surface area contributed by atoms with Crippen LogP contribution in [0.2, 0.25) is 0 Å². The molecule has 55 heavy (non-hydrogen) atoms. The van der Waals surface area contributed by atoms with Crippen molar-refractivity contribution in [2.24, 2.45) is 5.41 Å². The molecule has 0 aromatic heterocycles. The number of hydrogen-bond donors (Lipinski definition) is 5. The second kappa shape index (κ2) is 22.3. The molecule has 0 saturated carbocycles. The van der Waals surface area contributed by atoms with Gasteiger partial charge in [-0.15, -0.1) is 0 Å². The van der Waals surface area contributed by atoms with Gasteiger partial charge in [0, 0.05) is 60.7 Å². The van der Waals surface area contributed by atoms with Crippen LogP contribution in [-0.2, 0) is 33.4 Å². The highest BCUT2D eigenvalue weighted by molar-refractivity contribution is 8.00. The van der Waals surface area contributed by atoms with Gasteiger partial charge >= 0.3 is 18.0 Å². The summed E-state index contributed by atoms with van der Waals surface area (Å²) >= 11 is 1.88. The van der Waals surface area contributed by atoms with E-state index in [0.717, 1.165) is 25.0 Å². The molecule has 0 aliphatic carbocycles. The Labute approximate surface area is 328 Å². The third kappa shape index (κ3) is 16.2. The molecule has 3 rings (SSSR count). The molecule has 17 heteroatoms. The lowest BCUT2D eigenvalue weighted by molar-refractivity contribution is -0.146. The molecule has 1 aromatic carbocycles. The Bertz CT molecular complexity index is 1430. The highest BCUT2D eigenvalue weighted by Crippen LogP contribution is 2.33. The molecule has 5 N–H and O–H groups in total. The molecule has 0 spiro atoms. The van der Waals surface area contributed by atoms with Gasteiger partial charge in [-0.05, 0) is 65.5 Å². The average molecular weight is 794 g/mol. The summed E-state index contributed by atoms with van der Waals surface area (Å²) in [6.07, 6.45) is 4.22. The lowest BCUT2D eigenvalue weighted by Gasteiger charge is -2.29. The predicted molar refractivity (Wildman–Crippen MR) is 206 cm³/mol. The summed E-state index contributed by atoms with van der Waals surface area (Å²) in [5.74, 6) is -0.607. The van der Waals surface area contributed by atoms with E-state index in [1.165, 1.54) is 18.2 Å². The summed E-state index contributed by atoms with van der Waals surface area (Å²) in [6, 6.07) is 4.59. The van der Waals surface area contributed by atoms with Crippen molar-refractivity contribution in [3.8, 4) is 11.5 Å². The van der Waals surface area contributed by atoms with Gasteiger partial charge in [-0.2, -0.15) is 11.8 Å². The highest BCUT2D eigenvalue weighted by atomic mass is 32.2. The summed E-state index contributed by atoms with van der Waals surface area (Å²) in [4.78, 5) is 73.5. The first-order valence-electron chi connectivity index (χ1n) is 19.0. The maximum atomic E-state index is 13.0. The minimum absolute atomic E-state index is 0.0101. The van der Waals surface area contributed by atoms with Crippen molar-refractivity contribution in [2.45, 2.75) is 103 Å². The number of rotatable bonds is 25. The van der Waals surface area contributed by atoms with E-state index >= 15 is 0 Å². The number of ether oxygens (including phenoxy) is 5. The Hall–Kier alpha value is -4.25. The van der Waals surface area contributed by atoms with E-state index in [0.29, 0.717) is 37.7 Å². The zero-order valence-electron chi connectivity index (χ0n) is 33.0.